The van der Waals surface area contributed by atoms with Gasteiger partial charge in [-0.1, -0.05) is 0 Å². The SMILES string of the molecule is COCCNCCSc1ccc2c(c1)OCCO2. The van der Waals surface area contributed by atoms with Gasteiger partial charge < -0.3 is 19.5 Å². The highest BCUT2D eigenvalue weighted by Gasteiger charge is 2.11. The Hall–Kier alpha value is -0.910. The summed E-state index contributed by atoms with van der Waals surface area (Å²) in [6, 6.07) is 6.11. The fourth-order valence-electron chi connectivity index (χ4n) is 1.65. The Morgan fingerprint density at radius 2 is 2.06 bits per heavy atom. The van der Waals surface area contributed by atoms with E-state index in [-0.39, 0.29) is 0 Å². The molecule has 18 heavy (non-hydrogen) atoms. The summed E-state index contributed by atoms with van der Waals surface area (Å²) in [4.78, 5) is 1.22. The molecular weight excluding hydrogens is 250 g/mol. The van der Waals surface area contributed by atoms with E-state index in [0.29, 0.717) is 13.2 Å². The van der Waals surface area contributed by atoms with Gasteiger partial charge in [0.05, 0.1) is 6.61 Å². The van der Waals surface area contributed by atoms with Crippen LogP contribution in [0, 0.1) is 0 Å². The van der Waals surface area contributed by atoms with Crippen LogP contribution in [0.3, 0.4) is 0 Å². The monoisotopic (exact) mass is 269 g/mol. The summed E-state index contributed by atoms with van der Waals surface area (Å²) in [6.07, 6.45) is 0. The van der Waals surface area contributed by atoms with Gasteiger partial charge in [0.15, 0.2) is 11.5 Å². The summed E-state index contributed by atoms with van der Waals surface area (Å²) in [5.74, 6) is 2.74. The van der Waals surface area contributed by atoms with Crippen molar-refractivity contribution in [1.82, 2.24) is 5.32 Å². The van der Waals surface area contributed by atoms with E-state index in [4.69, 9.17) is 14.2 Å². The van der Waals surface area contributed by atoms with Crippen LogP contribution in [0.5, 0.6) is 11.5 Å². The summed E-state index contributed by atoms with van der Waals surface area (Å²) in [6.45, 7) is 3.91. The van der Waals surface area contributed by atoms with Crippen LogP contribution in [0.15, 0.2) is 23.1 Å². The Morgan fingerprint density at radius 1 is 1.22 bits per heavy atom. The maximum absolute atomic E-state index is 5.55. The Labute approximate surface area is 112 Å². The van der Waals surface area contributed by atoms with Crippen LogP contribution in [0.25, 0.3) is 0 Å². The Balaban J connectivity index is 1.72. The van der Waals surface area contributed by atoms with Crippen molar-refractivity contribution in [2.75, 3.05) is 45.8 Å². The number of ether oxygens (including phenoxy) is 3. The maximum atomic E-state index is 5.55. The second kappa shape index (κ2) is 7.51. The number of nitrogens with one attached hydrogen (secondary N) is 1. The highest BCUT2D eigenvalue weighted by atomic mass is 32.2. The maximum Gasteiger partial charge on any atom is 0.162 e. The zero-order valence-electron chi connectivity index (χ0n) is 10.6. The first-order valence-corrected chi connectivity index (χ1v) is 7.11. The first-order valence-electron chi connectivity index (χ1n) is 6.12. The topological polar surface area (TPSA) is 39.7 Å². The van der Waals surface area contributed by atoms with Gasteiger partial charge >= 0.3 is 0 Å². The minimum Gasteiger partial charge on any atom is -0.486 e. The van der Waals surface area contributed by atoms with Gasteiger partial charge in [-0.3, -0.25) is 0 Å². The molecule has 1 heterocycles. The Kier molecular flexibility index (Phi) is 5.64. The summed E-state index contributed by atoms with van der Waals surface area (Å²) in [5, 5.41) is 3.32. The lowest BCUT2D eigenvalue weighted by Gasteiger charge is -2.18. The third kappa shape index (κ3) is 4.08. The smallest absolute Gasteiger partial charge is 0.162 e. The quantitative estimate of drug-likeness (QED) is 0.603. The van der Waals surface area contributed by atoms with E-state index in [9.17, 15) is 0 Å². The molecule has 2 rings (SSSR count). The first-order chi connectivity index (χ1) is 8.90. The van der Waals surface area contributed by atoms with Crippen LogP contribution in [0.2, 0.25) is 0 Å². The molecule has 0 fully saturated rings. The number of rotatable bonds is 7. The van der Waals surface area contributed by atoms with Crippen LogP contribution in [-0.2, 0) is 4.74 Å². The molecule has 4 nitrogen and oxygen atoms in total. The average molecular weight is 269 g/mol. The molecule has 0 saturated carbocycles. The molecule has 0 amide bonds. The average Bonchev–Trinajstić information content (AvgIpc) is 2.42. The third-order valence-corrected chi connectivity index (χ3v) is 3.54. The van der Waals surface area contributed by atoms with Gasteiger partial charge in [-0.15, -0.1) is 11.8 Å². The van der Waals surface area contributed by atoms with Gasteiger partial charge in [0.25, 0.3) is 0 Å². The van der Waals surface area contributed by atoms with E-state index in [0.717, 1.165) is 36.9 Å². The summed E-state index contributed by atoms with van der Waals surface area (Å²) >= 11 is 1.81. The largest absolute Gasteiger partial charge is 0.486 e. The second-order valence-electron chi connectivity index (χ2n) is 3.90. The molecule has 0 spiro atoms. The van der Waals surface area contributed by atoms with Crippen molar-refractivity contribution in [3.05, 3.63) is 18.2 Å². The summed E-state index contributed by atoms with van der Waals surface area (Å²) in [5.41, 5.74) is 0. The molecule has 0 aliphatic carbocycles. The number of hydrogen-bond acceptors (Lipinski definition) is 5. The molecule has 100 valence electrons. The number of hydrogen-bond donors (Lipinski definition) is 1. The van der Waals surface area contributed by atoms with Gasteiger partial charge in [0.1, 0.15) is 13.2 Å². The predicted octanol–water partition coefficient (Wildman–Crippen LogP) is 1.79. The van der Waals surface area contributed by atoms with Crippen LogP contribution in [0.1, 0.15) is 0 Å². The fourth-order valence-corrected chi connectivity index (χ4v) is 2.49. The van der Waals surface area contributed by atoms with Gasteiger partial charge in [-0.25, -0.2) is 0 Å². The zero-order chi connectivity index (χ0) is 12.6. The number of thioether (sulfide) groups is 1. The molecule has 1 aliphatic heterocycles. The van der Waals surface area contributed by atoms with Crippen molar-refractivity contribution in [2.24, 2.45) is 0 Å². The molecular formula is C13H19NO3S. The van der Waals surface area contributed by atoms with E-state index >= 15 is 0 Å². The molecule has 1 aromatic rings. The van der Waals surface area contributed by atoms with Crippen molar-refractivity contribution < 1.29 is 14.2 Å². The van der Waals surface area contributed by atoms with Crippen molar-refractivity contribution in [3.63, 3.8) is 0 Å². The molecule has 5 heteroatoms. The minimum atomic E-state index is 0.639. The molecule has 0 radical (unpaired) electrons. The molecule has 1 N–H and O–H groups in total. The number of benzene rings is 1. The van der Waals surface area contributed by atoms with E-state index in [1.807, 2.05) is 23.9 Å². The van der Waals surface area contributed by atoms with Crippen molar-refractivity contribution in [1.29, 1.82) is 0 Å². The second-order valence-corrected chi connectivity index (χ2v) is 5.07. The molecule has 0 unspecified atom stereocenters. The lowest BCUT2D eigenvalue weighted by atomic mass is 10.3. The Morgan fingerprint density at radius 3 is 2.89 bits per heavy atom. The minimum absolute atomic E-state index is 0.639. The zero-order valence-corrected chi connectivity index (χ0v) is 11.4. The van der Waals surface area contributed by atoms with Crippen LogP contribution in [-0.4, -0.2) is 45.8 Å². The van der Waals surface area contributed by atoms with Gasteiger partial charge in [0.2, 0.25) is 0 Å². The standard InChI is InChI=1S/C13H19NO3S/c1-15-6-4-14-5-9-18-11-2-3-12-13(10-11)17-8-7-16-12/h2-3,10,14H,4-9H2,1H3. The van der Waals surface area contributed by atoms with Crippen molar-refractivity contribution >= 4 is 11.8 Å². The predicted molar refractivity (Wildman–Crippen MR) is 72.9 cm³/mol. The van der Waals surface area contributed by atoms with E-state index < -0.39 is 0 Å². The van der Waals surface area contributed by atoms with E-state index in [1.54, 1.807) is 7.11 Å². The van der Waals surface area contributed by atoms with Gasteiger partial charge in [-0.2, -0.15) is 0 Å². The number of methoxy groups -OCH3 is 1. The Bertz CT molecular complexity index is 373. The third-order valence-electron chi connectivity index (χ3n) is 2.54. The molecule has 0 saturated heterocycles. The highest BCUT2D eigenvalue weighted by molar-refractivity contribution is 7.99. The summed E-state index contributed by atoms with van der Waals surface area (Å²) in [7, 11) is 1.71. The molecule has 0 aromatic heterocycles. The lowest BCUT2D eigenvalue weighted by Crippen LogP contribution is -2.21. The lowest BCUT2D eigenvalue weighted by molar-refractivity contribution is 0.171. The highest BCUT2D eigenvalue weighted by Crippen LogP contribution is 2.33. The van der Waals surface area contributed by atoms with Crippen LogP contribution >= 0.6 is 11.8 Å². The van der Waals surface area contributed by atoms with E-state index in [1.165, 1.54) is 4.90 Å². The van der Waals surface area contributed by atoms with E-state index in [2.05, 4.69) is 11.4 Å². The number of fused-ring (bicyclic) bond motifs is 1. The van der Waals surface area contributed by atoms with Crippen LogP contribution < -0.4 is 14.8 Å². The van der Waals surface area contributed by atoms with Crippen molar-refractivity contribution in [3.8, 4) is 11.5 Å². The summed E-state index contributed by atoms with van der Waals surface area (Å²) < 4.78 is 16.0. The fraction of sp³-hybridized carbons (Fsp3) is 0.538. The molecule has 1 aliphatic rings. The molecule has 1 aromatic carbocycles. The van der Waals surface area contributed by atoms with Crippen LogP contribution in [0.4, 0.5) is 0 Å². The normalized spacial score (nSPS) is 13.6. The first kappa shape index (κ1) is 13.5. The van der Waals surface area contributed by atoms with Crippen molar-refractivity contribution in [2.45, 2.75) is 4.90 Å². The molecule has 0 atom stereocenters. The molecule has 0 bridgehead atoms. The van der Waals surface area contributed by atoms with Gasteiger partial charge in [0, 0.05) is 30.8 Å². The van der Waals surface area contributed by atoms with Gasteiger partial charge in [-0.05, 0) is 18.2 Å².